The van der Waals surface area contributed by atoms with Gasteiger partial charge in [-0.15, -0.1) is 0 Å². The van der Waals surface area contributed by atoms with Crippen molar-refractivity contribution in [3.63, 3.8) is 0 Å². The van der Waals surface area contributed by atoms with Gasteiger partial charge in [-0.05, 0) is 42.6 Å². The summed E-state index contributed by atoms with van der Waals surface area (Å²) in [5.74, 6) is -0.217. The molecule has 1 atom stereocenters. The highest BCUT2D eigenvalue weighted by atomic mass is 19.1. The van der Waals surface area contributed by atoms with Crippen LogP contribution in [-0.2, 0) is 13.1 Å². The summed E-state index contributed by atoms with van der Waals surface area (Å²) in [6.45, 7) is 10.1. The van der Waals surface area contributed by atoms with Crippen molar-refractivity contribution in [3.05, 3.63) is 35.1 Å². The molecule has 0 saturated heterocycles. The third kappa shape index (κ3) is 3.79. The zero-order valence-corrected chi connectivity index (χ0v) is 12.1. The van der Waals surface area contributed by atoms with Crippen LogP contribution in [0.2, 0.25) is 0 Å². The number of nitrogens with two attached hydrogens (primary N) is 1. The average Bonchev–Trinajstić information content (AvgIpc) is 2.29. The molecule has 1 aromatic carbocycles. The van der Waals surface area contributed by atoms with Crippen molar-refractivity contribution in [2.24, 2.45) is 11.1 Å². The number of nitrogens with zero attached hydrogens (tertiary/aromatic N) is 1. The first kappa shape index (κ1) is 15.1. The Balaban J connectivity index is 2.85. The molecule has 0 fully saturated rings. The number of rotatable bonds is 4. The van der Waals surface area contributed by atoms with E-state index in [-0.39, 0.29) is 11.2 Å². The van der Waals surface area contributed by atoms with Crippen LogP contribution < -0.4 is 5.73 Å². The van der Waals surface area contributed by atoms with Crippen molar-refractivity contribution >= 4 is 0 Å². The van der Waals surface area contributed by atoms with Gasteiger partial charge in [0.15, 0.2) is 0 Å². The molecule has 0 aliphatic heterocycles. The molecule has 3 heteroatoms. The van der Waals surface area contributed by atoms with Crippen molar-refractivity contribution in [3.8, 4) is 0 Å². The third-order valence-corrected chi connectivity index (χ3v) is 3.72. The van der Waals surface area contributed by atoms with E-state index in [1.54, 1.807) is 0 Å². The lowest BCUT2D eigenvalue weighted by Gasteiger charge is -2.35. The van der Waals surface area contributed by atoms with Crippen LogP contribution in [0.15, 0.2) is 18.2 Å². The second-order valence-corrected chi connectivity index (χ2v) is 6.07. The third-order valence-electron chi connectivity index (χ3n) is 3.72. The Kier molecular flexibility index (Phi) is 4.88. The van der Waals surface area contributed by atoms with Gasteiger partial charge in [0.1, 0.15) is 5.82 Å². The van der Waals surface area contributed by atoms with E-state index in [9.17, 15) is 4.39 Å². The van der Waals surface area contributed by atoms with Crippen LogP contribution in [0.1, 0.15) is 38.8 Å². The molecular formula is C15H25FN2. The predicted octanol–water partition coefficient (Wildman–Crippen LogP) is 3.15. The molecule has 1 unspecified atom stereocenters. The SMILES string of the molecule is CC(N(C)Cc1ccc(F)cc1CN)C(C)(C)C. The monoisotopic (exact) mass is 252 g/mol. The quantitative estimate of drug-likeness (QED) is 0.892. The zero-order chi connectivity index (χ0) is 13.9. The Morgan fingerprint density at radius 1 is 1.28 bits per heavy atom. The van der Waals surface area contributed by atoms with Crippen molar-refractivity contribution in [2.75, 3.05) is 7.05 Å². The van der Waals surface area contributed by atoms with E-state index in [0.29, 0.717) is 12.6 Å². The summed E-state index contributed by atoms with van der Waals surface area (Å²) in [5.41, 5.74) is 7.89. The Bertz CT molecular complexity index is 396. The van der Waals surface area contributed by atoms with Gasteiger partial charge in [-0.3, -0.25) is 4.90 Å². The predicted molar refractivity (Wildman–Crippen MR) is 74.7 cm³/mol. The molecule has 0 amide bonds. The average molecular weight is 252 g/mol. The zero-order valence-electron chi connectivity index (χ0n) is 12.1. The summed E-state index contributed by atoms with van der Waals surface area (Å²) in [6, 6.07) is 5.31. The standard InChI is InChI=1S/C15H25FN2/c1-11(15(2,3)4)18(5)10-12-6-7-14(16)8-13(12)9-17/h6-8,11H,9-10,17H2,1-5H3. The summed E-state index contributed by atoms with van der Waals surface area (Å²) < 4.78 is 13.2. The molecule has 2 nitrogen and oxygen atoms in total. The minimum atomic E-state index is -0.217. The van der Waals surface area contributed by atoms with Crippen molar-refractivity contribution < 1.29 is 4.39 Å². The molecule has 2 N–H and O–H groups in total. The molecule has 0 spiro atoms. The Morgan fingerprint density at radius 3 is 2.39 bits per heavy atom. The number of benzene rings is 1. The number of hydrogen-bond acceptors (Lipinski definition) is 2. The summed E-state index contributed by atoms with van der Waals surface area (Å²) in [7, 11) is 2.10. The molecule has 0 heterocycles. The lowest BCUT2D eigenvalue weighted by atomic mass is 9.87. The fourth-order valence-corrected chi connectivity index (χ4v) is 2.01. The van der Waals surface area contributed by atoms with E-state index in [2.05, 4.69) is 39.6 Å². The highest BCUT2D eigenvalue weighted by molar-refractivity contribution is 5.27. The van der Waals surface area contributed by atoms with E-state index in [0.717, 1.165) is 17.7 Å². The molecule has 1 rings (SSSR count). The van der Waals surface area contributed by atoms with E-state index < -0.39 is 0 Å². The molecule has 0 bridgehead atoms. The van der Waals surface area contributed by atoms with Gasteiger partial charge in [0.05, 0.1) is 0 Å². The summed E-state index contributed by atoms with van der Waals surface area (Å²) in [5, 5.41) is 0. The Morgan fingerprint density at radius 2 is 1.89 bits per heavy atom. The van der Waals surface area contributed by atoms with Crippen molar-refractivity contribution in [1.29, 1.82) is 0 Å². The minimum absolute atomic E-state index is 0.217. The highest BCUT2D eigenvalue weighted by Gasteiger charge is 2.24. The summed E-state index contributed by atoms with van der Waals surface area (Å²) in [6.07, 6.45) is 0. The van der Waals surface area contributed by atoms with Crippen LogP contribution in [0, 0.1) is 11.2 Å². The van der Waals surface area contributed by atoms with Crippen LogP contribution in [0.25, 0.3) is 0 Å². The number of halogens is 1. The molecule has 102 valence electrons. The number of hydrogen-bond donors (Lipinski definition) is 1. The van der Waals surface area contributed by atoms with Crippen LogP contribution in [0.3, 0.4) is 0 Å². The molecule has 0 aliphatic rings. The molecule has 0 saturated carbocycles. The summed E-state index contributed by atoms with van der Waals surface area (Å²) >= 11 is 0. The van der Waals surface area contributed by atoms with E-state index >= 15 is 0 Å². The topological polar surface area (TPSA) is 29.3 Å². The smallest absolute Gasteiger partial charge is 0.123 e. The van der Waals surface area contributed by atoms with Gasteiger partial charge in [0, 0.05) is 19.1 Å². The molecule has 0 radical (unpaired) electrons. The van der Waals surface area contributed by atoms with Gasteiger partial charge in [-0.2, -0.15) is 0 Å². The largest absolute Gasteiger partial charge is 0.326 e. The van der Waals surface area contributed by atoms with Crippen LogP contribution >= 0.6 is 0 Å². The lowest BCUT2D eigenvalue weighted by Crippen LogP contribution is -2.39. The molecule has 0 aromatic heterocycles. The van der Waals surface area contributed by atoms with Gasteiger partial charge in [0.2, 0.25) is 0 Å². The fraction of sp³-hybridized carbons (Fsp3) is 0.600. The maximum absolute atomic E-state index is 13.2. The molecular weight excluding hydrogens is 227 g/mol. The Labute approximate surface area is 110 Å². The Hall–Kier alpha value is -0.930. The second-order valence-electron chi connectivity index (χ2n) is 6.07. The minimum Gasteiger partial charge on any atom is -0.326 e. The summed E-state index contributed by atoms with van der Waals surface area (Å²) in [4.78, 5) is 2.28. The van der Waals surface area contributed by atoms with E-state index in [1.807, 2.05) is 6.07 Å². The van der Waals surface area contributed by atoms with Gasteiger partial charge in [0.25, 0.3) is 0 Å². The van der Waals surface area contributed by atoms with Crippen LogP contribution in [0.4, 0.5) is 4.39 Å². The van der Waals surface area contributed by atoms with Gasteiger partial charge < -0.3 is 5.73 Å². The van der Waals surface area contributed by atoms with Crippen LogP contribution in [-0.4, -0.2) is 18.0 Å². The van der Waals surface area contributed by atoms with Crippen molar-refractivity contribution in [2.45, 2.75) is 46.8 Å². The van der Waals surface area contributed by atoms with Crippen molar-refractivity contribution in [1.82, 2.24) is 4.90 Å². The first-order valence-corrected chi connectivity index (χ1v) is 6.43. The maximum Gasteiger partial charge on any atom is 0.123 e. The molecule has 1 aromatic rings. The highest BCUT2D eigenvalue weighted by Crippen LogP contribution is 2.25. The normalized spacial score (nSPS) is 14.0. The van der Waals surface area contributed by atoms with E-state index in [1.165, 1.54) is 12.1 Å². The van der Waals surface area contributed by atoms with Crippen LogP contribution in [0.5, 0.6) is 0 Å². The lowest BCUT2D eigenvalue weighted by molar-refractivity contribution is 0.134. The fourth-order valence-electron chi connectivity index (χ4n) is 2.01. The molecule has 18 heavy (non-hydrogen) atoms. The first-order chi connectivity index (χ1) is 8.25. The van der Waals surface area contributed by atoms with Gasteiger partial charge in [-0.25, -0.2) is 4.39 Å². The maximum atomic E-state index is 13.2. The van der Waals surface area contributed by atoms with Gasteiger partial charge in [-0.1, -0.05) is 26.8 Å². The van der Waals surface area contributed by atoms with E-state index in [4.69, 9.17) is 5.73 Å². The molecule has 0 aliphatic carbocycles. The van der Waals surface area contributed by atoms with Gasteiger partial charge >= 0.3 is 0 Å². The second kappa shape index (κ2) is 5.81. The first-order valence-electron chi connectivity index (χ1n) is 6.43.